The van der Waals surface area contributed by atoms with Gasteiger partial charge < -0.3 is 15.0 Å². The van der Waals surface area contributed by atoms with E-state index in [1.165, 1.54) is 14.0 Å². The maximum absolute atomic E-state index is 12.3. The molecule has 6 nitrogen and oxygen atoms in total. The van der Waals surface area contributed by atoms with Crippen molar-refractivity contribution in [3.63, 3.8) is 0 Å². The average molecular weight is 368 g/mol. The molecule has 0 spiro atoms. The predicted molar refractivity (Wildman–Crippen MR) is 105 cm³/mol. The lowest BCUT2D eigenvalue weighted by Gasteiger charge is -2.23. The van der Waals surface area contributed by atoms with Gasteiger partial charge in [0.1, 0.15) is 0 Å². The highest BCUT2D eigenvalue weighted by Gasteiger charge is 2.16. The number of rotatable bonds is 6. The number of carbonyl (C=O) groups excluding carboxylic acids is 3. The molecule has 0 radical (unpaired) electrons. The van der Waals surface area contributed by atoms with Crippen LogP contribution in [0, 0.1) is 13.8 Å². The summed E-state index contributed by atoms with van der Waals surface area (Å²) < 4.78 is 4.68. The summed E-state index contributed by atoms with van der Waals surface area (Å²) in [6, 6.07) is 12.3. The molecule has 2 aromatic carbocycles. The monoisotopic (exact) mass is 368 g/mol. The second-order valence-electron chi connectivity index (χ2n) is 6.26. The third-order valence-electron chi connectivity index (χ3n) is 4.38. The van der Waals surface area contributed by atoms with E-state index in [0.29, 0.717) is 11.3 Å². The minimum atomic E-state index is -0.469. The van der Waals surface area contributed by atoms with Gasteiger partial charge in [-0.2, -0.15) is 0 Å². The van der Waals surface area contributed by atoms with Crippen LogP contribution in [0.25, 0.3) is 0 Å². The second kappa shape index (κ2) is 8.98. The highest BCUT2D eigenvalue weighted by atomic mass is 16.5. The van der Waals surface area contributed by atoms with E-state index in [2.05, 4.69) is 10.1 Å². The number of benzene rings is 2. The molecular weight excluding hydrogens is 344 g/mol. The van der Waals surface area contributed by atoms with E-state index in [0.717, 1.165) is 16.8 Å². The number of methoxy groups -OCH3 is 1. The zero-order valence-electron chi connectivity index (χ0n) is 16.0. The van der Waals surface area contributed by atoms with Gasteiger partial charge in [-0.25, -0.2) is 4.79 Å². The Kier molecular flexibility index (Phi) is 6.71. The topological polar surface area (TPSA) is 75.7 Å². The molecule has 0 atom stereocenters. The number of carbonyl (C=O) groups is 3. The van der Waals surface area contributed by atoms with Crippen LogP contribution in [-0.4, -0.2) is 31.4 Å². The molecule has 27 heavy (non-hydrogen) atoms. The van der Waals surface area contributed by atoms with E-state index in [4.69, 9.17) is 0 Å². The van der Waals surface area contributed by atoms with Crippen molar-refractivity contribution in [1.29, 1.82) is 0 Å². The summed E-state index contributed by atoms with van der Waals surface area (Å²) in [6.45, 7) is 5.69. The zero-order chi connectivity index (χ0) is 20.0. The van der Waals surface area contributed by atoms with Crippen molar-refractivity contribution in [1.82, 2.24) is 0 Å². The Morgan fingerprint density at radius 1 is 1.07 bits per heavy atom. The summed E-state index contributed by atoms with van der Waals surface area (Å²) in [6.07, 6.45) is 0.134. The average Bonchev–Trinajstić information content (AvgIpc) is 2.64. The first-order valence-electron chi connectivity index (χ1n) is 8.66. The molecule has 0 bridgehead atoms. The van der Waals surface area contributed by atoms with Crippen molar-refractivity contribution in [2.75, 3.05) is 23.9 Å². The van der Waals surface area contributed by atoms with Gasteiger partial charge in [0.05, 0.1) is 12.7 Å². The third kappa shape index (κ3) is 5.17. The van der Waals surface area contributed by atoms with Crippen LogP contribution in [0.4, 0.5) is 11.4 Å². The lowest BCUT2D eigenvalue weighted by atomic mass is 10.1. The number of anilines is 2. The summed E-state index contributed by atoms with van der Waals surface area (Å²) in [4.78, 5) is 37.6. The van der Waals surface area contributed by atoms with Crippen LogP contribution >= 0.6 is 0 Å². The van der Waals surface area contributed by atoms with Gasteiger partial charge in [-0.05, 0) is 49.2 Å². The number of nitrogens with zero attached hydrogens (tertiary/aromatic N) is 1. The maximum atomic E-state index is 12.3. The van der Waals surface area contributed by atoms with E-state index < -0.39 is 5.97 Å². The number of hydrogen-bond donors (Lipinski definition) is 1. The molecule has 0 saturated heterocycles. The molecule has 6 heteroatoms. The van der Waals surface area contributed by atoms with Crippen molar-refractivity contribution in [3.05, 3.63) is 59.2 Å². The Morgan fingerprint density at radius 2 is 1.78 bits per heavy atom. The predicted octanol–water partition coefficient (Wildman–Crippen LogP) is 3.47. The highest BCUT2D eigenvalue weighted by Crippen LogP contribution is 2.23. The summed E-state index contributed by atoms with van der Waals surface area (Å²) in [5.41, 5.74) is 3.77. The second-order valence-corrected chi connectivity index (χ2v) is 6.26. The van der Waals surface area contributed by atoms with Gasteiger partial charge >= 0.3 is 5.97 Å². The van der Waals surface area contributed by atoms with Gasteiger partial charge in [0.25, 0.3) is 0 Å². The number of nitrogens with one attached hydrogen (secondary N) is 1. The lowest BCUT2D eigenvalue weighted by molar-refractivity contribution is -0.117. The van der Waals surface area contributed by atoms with Crippen LogP contribution in [0.2, 0.25) is 0 Å². The van der Waals surface area contributed by atoms with Crippen molar-refractivity contribution in [2.24, 2.45) is 0 Å². The van der Waals surface area contributed by atoms with Crippen molar-refractivity contribution in [2.45, 2.75) is 27.2 Å². The molecule has 2 amide bonds. The Hall–Kier alpha value is -3.15. The minimum Gasteiger partial charge on any atom is -0.465 e. The van der Waals surface area contributed by atoms with Crippen molar-refractivity contribution in [3.8, 4) is 0 Å². The molecular formula is C21H24N2O4. The molecule has 2 rings (SSSR count). The third-order valence-corrected chi connectivity index (χ3v) is 4.38. The fraction of sp³-hybridized carbons (Fsp3) is 0.286. The van der Waals surface area contributed by atoms with Gasteiger partial charge in [0, 0.05) is 31.3 Å². The van der Waals surface area contributed by atoms with Gasteiger partial charge in [0.2, 0.25) is 11.8 Å². The fourth-order valence-electron chi connectivity index (χ4n) is 2.75. The molecule has 0 heterocycles. The molecule has 0 aliphatic carbocycles. The van der Waals surface area contributed by atoms with Crippen LogP contribution in [0.3, 0.4) is 0 Å². The highest BCUT2D eigenvalue weighted by molar-refractivity contribution is 5.96. The Morgan fingerprint density at radius 3 is 2.44 bits per heavy atom. The summed E-state index contributed by atoms with van der Waals surface area (Å²) in [5, 5.41) is 2.75. The van der Waals surface area contributed by atoms with Gasteiger partial charge in [-0.3, -0.25) is 9.59 Å². The van der Waals surface area contributed by atoms with Gasteiger partial charge in [0.15, 0.2) is 0 Å². The fourth-order valence-corrected chi connectivity index (χ4v) is 2.75. The van der Waals surface area contributed by atoms with E-state index >= 15 is 0 Å². The van der Waals surface area contributed by atoms with Crippen LogP contribution in [0.15, 0.2) is 42.5 Å². The van der Waals surface area contributed by atoms with Crippen LogP contribution in [0.1, 0.15) is 34.8 Å². The number of amides is 2. The van der Waals surface area contributed by atoms with Crippen molar-refractivity contribution >= 4 is 29.2 Å². The van der Waals surface area contributed by atoms with E-state index in [9.17, 15) is 14.4 Å². The van der Waals surface area contributed by atoms with Crippen LogP contribution in [0.5, 0.6) is 0 Å². The number of esters is 1. The minimum absolute atomic E-state index is 0.121. The Labute approximate surface area is 159 Å². The standard InChI is InChI=1S/C21H24N2O4/c1-14-7-5-10-19(15(14)2)23(16(3)24)12-11-20(25)22-18-9-6-8-17(13-18)21(26)27-4/h5-10,13H,11-12H2,1-4H3,(H,22,25). The number of aryl methyl sites for hydroxylation is 1. The largest absolute Gasteiger partial charge is 0.465 e. The maximum Gasteiger partial charge on any atom is 0.337 e. The molecule has 0 aromatic heterocycles. The number of ether oxygens (including phenoxy) is 1. The zero-order valence-corrected chi connectivity index (χ0v) is 16.0. The quantitative estimate of drug-likeness (QED) is 0.792. The smallest absolute Gasteiger partial charge is 0.337 e. The normalized spacial score (nSPS) is 10.2. The Balaban J connectivity index is 2.06. The molecule has 0 aliphatic heterocycles. The molecule has 0 unspecified atom stereocenters. The van der Waals surface area contributed by atoms with Crippen LogP contribution < -0.4 is 10.2 Å². The summed E-state index contributed by atoms with van der Waals surface area (Å²) in [7, 11) is 1.30. The lowest BCUT2D eigenvalue weighted by Crippen LogP contribution is -2.32. The van der Waals surface area contributed by atoms with Gasteiger partial charge in [-0.15, -0.1) is 0 Å². The van der Waals surface area contributed by atoms with E-state index in [1.54, 1.807) is 29.2 Å². The van der Waals surface area contributed by atoms with E-state index in [-0.39, 0.29) is 24.8 Å². The molecule has 142 valence electrons. The summed E-state index contributed by atoms with van der Waals surface area (Å²) >= 11 is 0. The first-order chi connectivity index (χ1) is 12.8. The molecule has 0 fully saturated rings. The number of hydrogen-bond acceptors (Lipinski definition) is 4. The van der Waals surface area contributed by atoms with E-state index in [1.807, 2.05) is 32.0 Å². The van der Waals surface area contributed by atoms with Gasteiger partial charge in [-0.1, -0.05) is 18.2 Å². The molecule has 2 aromatic rings. The molecule has 0 aliphatic rings. The Bertz CT molecular complexity index is 861. The SMILES string of the molecule is COC(=O)c1cccc(NC(=O)CCN(C(C)=O)c2cccc(C)c2C)c1. The molecule has 0 saturated carbocycles. The van der Waals surface area contributed by atoms with Crippen LogP contribution in [-0.2, 0) is 14.3 Å². The molecule has 1 N–H and O–H groups in total. The van der Waals surface area contributed by atoms with Crippen molar-refractivity contribution < 1.29 is 19.1 Å². The summed E-state index contributed by atoms with van der Waals surface area (Å²) in [5.74, 6) is -0.832. The first kappa shape index (κ1) is 20.2. The first-order valence-corrected chi connectivity index (χ1v) is 8.66.